The summed E-state index contributed by atoms with van der Waals surface area (Å²) in [6, 6.07) is -0.614. The summed E-state index contributed by atoms with van der Waals surface area (Å²) in [4.78, 5) is 39.1. The molecule has 9 heteroatoms. The number of amides is 2. The Hall–Kier alpha value is -1.06. The van der Waals surface area contributed by atoms with Crippen LogP contribution in [0.4, 0.5) is 0 Å². The quantitative estimate of drug-likeness (QED) is 0.756. The highest BCUT2D eigenvalue weighted by molar-refractivity contribution is 8.09. The highest BCUT2D eigenvalue weighted by Gasteiger charge is 2.56. The summed E-state index contributed by atoms with van der Waals surface area (Å²) in [7, 11) is 0. The zero-order valence-corrected chi connectivity index (χ0v) is 15.1. The molecule has 3 aliphatic heterocycles. The molecular formula is C14H16N2O4S3. The van der Waals surface area contributed by atoms with Crippen molar-refractivity contribution >= 4 is 53.1 Å². The molecule has 0 aliphatic carbocycles. The van der Waals surface area contributed by atoms with Gasteiger partial charge in [0.2, 0.25) is 5.91 Å². The Kier molecular flexibility index (Phi) is 4.70. The lowest BCUT2D eigenvalue weighted by Gasteiger charge is -2.52. The summed E-state index contributed by atoms with van der Waals surface area (Å²) in [6.45, 7) is 3.18. The number of nitrogens with zero attached hydrogens (tertiary/aromatic N) is 2. The molecule has 3 heterocycles. The maximum Gasteiger partial charge on any atom is 0.352 e. The van der Waals surface area contributed by atoms with Crippen molar-refractivity contribution in [1.29, 1.82) is 0 Å². The van der Waals surface area contributed by atoms with Crippen LogP contribution in [0.25, 0.3) is 0 Å². The average molecular weight is 372 g/mol. The van der Waals surface area contributed by atoms with Gasteiger partial charge in [0.05, 0.1) is 5.03 Å². The number of carbonyl (C=O) groups excluding carboxylic acids is 2. The van der Waals surface area contributed by atoms with Gasteiger partial charge in [0.15, 0.2) is 0 Å². The number of β-lactam (4-membered cyclic amide) rings is 1. The molecular weight excluding hydrogens is 356 g/mol. The SMILES string of the molecule is CC(=O)N(C1=CSCCS1)C1C(=O)N2C(C(=O)O)=C(C)CSC12. The minimum atomic E-state index is -1.09. The fraction of sp³-hybridized carbons (Fsp3) is 0.500. The molecule has 2 atom stereocenters. The van der Waals surface area contributed by atoms with Crippen molar-refractivity contribution < 1.29 is 19.5 Å². The van der Waals surface area contributed by atoms with Crippen LogP contribution in [-0.2, 0) is 14.4 Å². The first kappa shape index (κ1) is 16.8. The van der Waals surface area contributed by atoms with Gasteiger partial charge in [-0.25, -0.2) is 4.79 Å². The fourth-order valence-corrected chi connectivity index (χ4v) is 6.33. The van der Waals surface area contributed by atoms with Gasteiger partial charge in [-0.05, 0) is 12.5 Å². The molecule has 0 saturated carbocycles. The predicted molar refractivity (Wildman–Crippen MR) is 92.7 cm³/mol. The van der Waals surface area contributed by atoms with Gasteiger partial charge in [0.1, 0.15) is 17.1 Å². The lowest BCUT2D eigenvalue weighted by molar-refractivity contribution is -0.157. The Labute approximate surface area is 146 Å². The third-order valence-corrected chi connectivity index (χ3v) is 7.49. The number of thioether (sulfide) groups is 3. The van der Waals surface area contributed by atoms with Crippen molar-refractivity contribution in [2.24, 2.45) is 0 Å². The molecule has 2 amide bonds. The first-order valence-corrected chi connectivity index (χ1v) is 10.1. The van der Waals surface area contributed by atoms with Gasteiger partial charge in [-0.3, -0.25) is 19.4 Å². The number of rotatable bonds is 3. The molecule has 0 aromatic rings. The Morgan fingerprint density at radius 3 is 2.70 bits per heavy atom. The molecule has 2 unspecified atom stereocenters. The molecule has 0 bridgehead atoms. The van der Waals surface area contributed by atoms with E-state index in [9.17, 15) is 19.5 Å². The van der Waals surface area contributed by atoms with Crippen LogP contribution in [0.3, 0.4) is 0 Å². The van der Waals surface area contributed by atoms with Crippen LogP contribution in [0, 0.1) is 0 Å². The number of carboxylic acids is 1. The zero-order chi connectivity index (χ0) is 16.7. The van der Waals surface area contributed by atoms with E-state index in [1.54, 1.807) is 30.4 Å². The van der Waals surface area contributed by atoms with Gasteiger partial charge in [-0.15, -0.1) is 35.3 Å². The second kappa shape index (κ2) is 6.45. The Balaban J connectivity index is 1.91. The molecule has 0 radical (unpaired) electrons. The monoisotopic (exact) mass is 372 g/mol. The Morgan fingerprint density at radius 1 is 1.39 bits per heavy atom. The number of fused-ring (bicyclic) bond motifs is 1. The maximum atomic E-state index is 12.6. The fourth-order valence-electron chi connectivity index (χ4n) is 2.83. The van der Waals surface area contributed by atoms with Gasteiger partial charge < -0.3 is 5.11 Å². The van der Waals surface area contributed by atoms with Crippen LogP contribution >= 0.6 is 35.3 Å². The number of hydrogen-bond acceptors (Lipinski definition) is 6. The van der Waals surface area contributed by atoms with E-state index in [2.05, 4.69) is 0 Å². The largest absolute Gasteiger partial charge is 0.477 e. The summed E-state index contributed by atoms with van der Waals surface area (Å²) >= 11 is 4.70. The van der Waals surface area contributed by atoms with Crippen molar-refractivity contribution in [3.05, 3.63) is 21.7 Å². The first-order chi connectivity index (χ1) is 10.9. The molecule has 0 aromatic carbocycles. The van der Waals surface area contributed by atoms with Crippen molar-refractivity contribution in [3.63, 3.8) is 0 Å². The highest BCUT2D eigenvalue weighted by Crippen LogP contribution is 2.45. The second-order valence-corrected chi connectivity index (χ2v) is 8.55. The molecule has 3 aliphatic rings. The molecule has 1 fully saturated rings. The lowest BCUT2D eigenvalue weighted by atomic mass is 10.0. The van der Waals surface area contributed by atoms with Gasteiger partial charge in [-0.1, -0.05) is 0 Å². The molecule has 6 nitrogen and oxygen atoms in total. The molecule has 1 saturated heterocycles. The van der Waals surface area contributed by atoms with Gasteiger partial charge in [-0.2, -0.15) is 0 Å². The number of hydrogen-bond donors (Lipinski definition) is 1. The second-order valence-electron chi connectivity index (χ2n) is 5.35. The molecule has 0 aromatic heterocycles. The Morgan fingerprint density at radius 2 is 2.13 bits per heavy atom. The first-order valence-electron chi connectivity index (χ1n) is 7.05. The van der Waals surface area contributed by atoms with E-state index in [-0.39, 0.29) is 22.9 Å². The zero-order valence-electron chi connectivity index (χ0n) is 12.6. The third kappa shape index (κ3) is 2.78. The van der Waals surface area contributed by atoms with E-state index in [0.29, 0.717) is 11.3 Å². The summed E-state index contributed by atoms with van der Waals surface area (Å²) in [5, 5.41) is 11.7. The normalized spacial score (nSPS) is 27.1. The van der Waals surface area contributed by atoms with Crippen molar-refractivity contribution in [2.75, 3.05) is 17.3 Å². The molecule has 23 heavy (non-hydrogen) atoms. The third-order valence-electron chi connectivity index (χ3n) is 3.82. The average Bonchev–Trinajstić information content (AvgIpc) is 2.52. The summed E-state index contributed by atoms with van der Waals surface area (Å²) in [5.74, 6) is 0.838. The van der Waals surface area contributed by atoms with Crippen LogP contribution in [0.1, 0.15) is 13.8 Å². The smallest absolute Gasteiger partial charge is 0.352 e. The van der Waals surface area contributed by atoms with Gasteiger partial charge in [0.25, 0.3) is 5.91 Å². The van der Waals surface area contributed by atoms with Gasteiger partial charge >= 0.3 is 5.97 Å². The van der Waals surface area contributed by atoms with Crippen LogP contribution in [0.5, 0.6) is 0 Å². The summed E-state index contributed by atoms with van der Waals surface area (Å²) in [5.41, 5.74) is 0.750. The number of carbonyl (C=O) groups is 3. The van der Waals surface area contributed by atoms with E-state index in [4.69, 9.17) is 0 Å². The number of aliphatic carboxylic acids is 1. The number of carboxylic acid groups (broad SMARTS) is 1. The summed E-state index contributed by atoms with van der Waals surface area (Å²) in [6.07, 6.45) is 0. The predicted octanol–water partition coefficient (Wildman–Crippen LogP) is 1.76. The van der Waals surface area contributed by atoms with Crippen molar-refractivity contribution in [1.82, 2.24) is 9.80 Å². The van der Waals surface area contributed by atoms with Crippen LogP contribution in [-0.4, -0.2) is 61.4 Å². The highest BCUT2D eigenvalue weighted by atomic mass is 32.2. The Bertz CT molecular complexity index is 646. The van der Waals surface area contributed by atoms with E-state index in [0.717, 1.165) is 16.5 Å². The van der Waals surface area contributed by atoms with Gasteiger partial charge in [0, 0.05) is 29.6 Å². The topological polar surface area (TPSA) is 77.9 Å². The lowest BCUT2D eigenvalue weighted by Crippen LogP contribution is -2.70. The van der Waals surface area contributed by atoms with E-state index in [1.807, 2.05) is 5.41 Å². The molecule has 1 N–H and O–H groups in total. The van der Waals surface area contributed by atoms with E-state index < -0.39 is 12.0 Å². The van der Waals surface area contributed by atoms with E-state index >= 15 is 0 Å². The molecule has 0 spiro atoms. The minimum absolute atomic E-state index is 0.0677. The minimum Gasteiger partial charge on any atom is -0.477 e. The van der Waals surface area contributed by atoms with Crippen molar-refractivity contribution in [2.45, 2.75) is 25.3 Å². The maximum absolute atomic E-state index is 12.6. The summed E-state index contributed by atoms with van der Waals surface area (Å²) < 4.78 is 0. The van der Waals surface area contributed by atoms with Crippen LogP contribution < -0.4 is 0 Å². The molecule has 124 valence electrons. The standard InChI is InChI=1S/C14H16N2O4S3/c1-7-5-23-13-11(12(18)16(13)10(7)14(19)20)15(8(2)17)9-6-21-3-4-22-9/h6,11,13H,3-5H2,1-2H3,(H,19,20). The van der Waals surface area contributed by atoms with Crippen LogP contribution in [0.2, 0.25) is 0 Å². The van der Waals surface area contributed by atoms with Crippen LogP contribution in [0.15, 0.2) is 21.7 Å². The molecule has 3 rings (SSSR count). The van der Waals surface area contributed by atoms with E-state index in [1.165, 1.54) is 28.5 Å². The van der Waals surface area contributed by atoms with Crippen molar-refractivity contribution in [3.8, 4) is 0 Å².